The third-order valence-electron chi connectivity index (χ3n) is 2.94. The molecule has 1 aliphatic carbocycles. The third-order valence-corrected chi connectivity index (χ3v) is 2.94. The van der Waals surface area contributed by atoms with Crippen LogP contribution in [-0.4, -0.2) is 6.61 Å². The van der Waals surface area contributed by atoms with Crippen LogP contribution in [0.3, 0.4) is 0 Å². The van der Waals surface area contributed by atoms with E-state index in [9.17, 15) is 0 Å². The standard InChI is InChI=1S/C14H24O/c1-6-15-14-12(10(2)3)8-7-9-13(14)11(4)5/h8,10-11H,6-7,9H2,1-5H3. The van der Waals surface area contributed by atoms with Gasteiger partial charge in [-0.2, -0.15) is 0 Å². The molecule has 1 aliphatic rings. The lowest BCUT2D eigenvalue weighted by Gasteiger charge is -2.26. The minimum Gasteiger partial charge on any atom is -0.494 e. The topological polar surface area (TPSA) is 9.23 Å². The van der Waals surface area contributed by atoms with Crippen molar-refractivity contribution >= 4 is 0 Å². The van der Waals surface area contributed by atoms with Crippen molar-refractivity contribution in [1.29, 1.82) is 0 Å². The Morgan fingerprint density at radius 3 is 2.33 bits per heavy atom. The summed E-state index contributed by atoms with van der Waals surface area (Å²) >= 11 is 0. The summed E-state index contributed by atoms with van der Waals surface area (Å²) in [5.41, 5.74) is 2.91. The number of hydrogen-bond donors (Lipinski definition) is 0. The Kier molecular flexibility index (Phi) is 4.44. The van der Waals surface area contributed by atoms with Gasteiger partial charge in [-0.15, -0.1) is 0 Å². The summed E-state index contributed by atoms with van der Waals surface area (Å²) < 4.78 is 5.84. The lowest BCUT2D eigenvalue weighted by molar-refractivity contribution is 0.223. The zero-order valence-electron chi connectivity index (χ0n) is 10.8. The average Bonchev–Trinajstić information content (AvgIpc) is 2.17. The first-order chi connectivity index (χ1) is 7.07. The Bertz CT molecular complexity index is 269. The molecule has 0 fully saturated rings. The van der Waals surface area contributed by atoms with Gasteiger partial charge in [-0.25, -0.2) is 0 Å². The van der Waals surface area contributed by atoms with Crippen LogP contribution in [-0.2, 0) is 4.74 Å². The highest BCUT2D eigenvalue weighted by Crippen LogP contribution is 2.34. The second kappa shape index (κ2) is 5.39. The Labute approximate surface area is 94.2 Å². The van der Waals surface area contributed by atoms with Crippen LogP contribution in [0.15, 0.2) is 23.0 Å². The summed E-state index contributed by atoms with van der Waals surface area (Å²) in [6.45, 7) is 11.9. The second-order valence-corrected chi connectivity index (χ2v) is 4.79. The van der Waals surface area contributed by atoms with Crippen molar-refractivity contribution in [2.75, 3.05) is 6.61 Å². The summed E-state index contributed by atoms with van der Waals surface area (Å²) in [4.78, 5) is 0. The number of hydrogen-bond acceptors (Lipinski definition) is 1. The highest BCUT2D eigenvalue weighted by molar-refractivity contribution is 5.36. The van der Waals surface area contributed by atoms with Gasteiger partial charge in [-0.1, -0.05) is 33.8 Å². The molecule has 0 atom stereocenters. The molecule has 0 saturated heterocycles. The van der Waals surface area contributed by atoms with Crippen LogP contribution in [0, 0.1) is 11.8 Å². The van der Waals surface area contributed by atoms with Crippen molar-refractivity contribution in [3.05, 3.63) is 23.0 Å². The molecule has 1 heteroatoms. The molecule has 0 aromatic heterocycles. The lowest BCUT2D eigenvalue weighted by atomic mass is 9.86. The van der Waals surface area contributed by atoms with Gasteiger partial charge in [0.15, 0.2) is 0 Å². The van der Waals surface area contributed by atoms with Crippen LogP contribution in [0.2, 0.25) is 0 Å². The van der Waals surface area contributed by atoms with Crippen molar-refractivity contribution in [1.82, 2.24) is 0 Å². The highest BCUT2D eigenvalue weighted by atomic mass is 16.5. The molecule has 0 N–H and O–H groups in total. The molecule has 86 valence electrons. The van der Waals surface area contributed by atoms with E-state index < -0.39 is 0 Å². The van der Waals surface area contributed by atoms with E-state index >= 15 is 0 Å². The molecule has 0 spiro atoms. The predicted molar refractivity (Wildman–Crippen MR) is 65.6 cm³/mol. The fraction of sp³-hybridized carbons (Fsp3) is 0.714. The van der Waals surface area contributed by atoms with Crippen LogP contribution in [0.1, 0.15) is 47.5 Å². The van der Waals surface area contributed by atoms with Crippen molar-refractivity contribution in [3.8, 4) is 0 Å². The third kappa shape index (κ3) is 2.87. The van der Waals surface area contributed by atoms with E-state index in [1.165, 1.54) is 29.7 Å². The molecule has 15 heavy (non-hydrogen) atoms. The molecule has 1 rings (SSSR count). The minimum absolute atomic E-state index is 0.570. The van der Waals surface area contributed by atoms with Crippen LogP contribution in [0.4, 0.5) is 0 Å². The van der Waals surface area contributed by atoms with E-state index in [0.717, 1.165) is 6.61 Å². The molecule has 0 aliphatic heterocycles. The summed E-state index contributed by atoms with van der Waals surface area (Å²) in [6, 6.07) is 0. The van der Waals surface area contributed by atoms with Crippen molar-refractivity contribution in [3.63, 3.8) is 0 Å². The van der Waals surface area contributed by atoms with Gasteiger partial charge in [-0.05, 0) is 42.7 Å². The SMILES string of the molecule is CCOC1=C(C(C)C)CCC=C1C(C)C. The summed E-state index contributed by atoms with van der Waals surface area (Å²) in [5, 5.41) is 0. The van der Waals surface area contributed by atoms with Crippen molar-refractivity contribution in [2.45, 2.75) is 47.5 Å². The molecule has 0 aromatic rings. The van der Waals surface area contributed by atoms with Gasteiger partial charge >= 0.3 is 0 Å². The van der Waals surface area contributed by atoms with Crippen molar-refractivity contribution in [2.24, 2.45) is 11.8 Å². The maximum Gasteiger partial charge on any atom is 0.121 e. The molecule has 0 amide bonds. The first-order valence-corrected chi connectivity index (χ1v) is 6.14. The Hall–Kier alpha value is -0.720. The summed E-state index contributed by atoms with van der Waals surface area (Å²) in [6.07, 6.45) is 4.70. The number of allylic oxidation sites excluding steroid dienone is 3. The van der Waals surface area contributed by atoms with Crippen LogP contribution >= 0.6 is 0 Å². The average molecular weight is 208 g/mol. The smallest absolute Gasteiger partial charge is 0.121 e. The minimum atomic E-state index is 0.570. The zero-order valence-corrected chi connectivity index (χ0v) is 10.8. The Morgan fingerprint density at radius 1 is 1.20 bits per heavy atom. The quantitative estimate of drug-likeness (QED) is 0.669. The fourth-order valence-electron chi connectivity index (χ4n) is 2.14. The van der Waals surface area contributed by atoms with Gasteiger partial charge in [0.1, 0.15) is 5.76 Å². The lowest BCUT2D eigenvalue weighted by Crippen LogP contribution is -2.12. The van der Waals surface area contributed by atoms with Gasteiger partial charge in [0.25, 0.3) is 0 Å². The number of rotatable bonds is 4. The van der Waals surface area contributed by atoms with E-state index in [0.29, 0.717) is 11.8 Å². The molecule has 0 unspecified atom stereocenters. The fourth-order valence-corrected chi connectivity index (χ4v) is 2.14. The van der Waals surface area contributed by atoms with E-state index in [2.05, 4.69) is 40.7 Å². The summed E-state index contributed by atoms with van der Waals surface area (Å²) in [7, 11) is 0. The van der Waals surface area contributed by atoms with Crippen LogP contribution in [0.5, 0.6) is 0 Å². The maximum atomic E-state index is 5.84. The largest absolute Gasteiger partial charge is 0.494 e. The Morgan fingerprint density at radius 2 is 1.87 bits per heavy atom. The van der Waals surface area contributed by atoms with Gasteiger partial charge in [0.2, 0.25) is 0 Å². The highest BCUT2D eigenvalue weighted by Gasteiger charge is 2.21. The van der Waals surface area contributed by atoms with Crippen molar-refractivity contribution < 1.29 is 4.74 Å². The van der Waals surface area contributed by atoms with Gasteiger partial charge < -0.3 is 4.74 Å². The van der Waals surface area contributed by atoms with Gasteiger partial charge in [-0.3, -0.25) is 0 Å². The molecular formula is C14H24O. The van der Waals surface area contributed by atoms with Gasteiger partial charge in [0.05, 0.1) is 6.61 Å². The maximum absolute atomic E-state index is 5.84. The number of ether oxygens (including phenoxy) is 1. The molecule has 0 heterocycles. The van der Waals surface area contributed by atoms with Crippen LogP contribution in [0.25, 0.3) is 0 Å². The molecule has 1 nitrogen and oxygen atoms in total. The molecule has 0 aromatic carbocycles. The predicted octanol–water partition coefficient (Wildman–Crippen LogP) is 4.31. The van der Waals surface area contributed by atoms with E-state index in [-0.39, 0.29) is 0 Å². The van der Waals surface area contributed by atoms with Crippen LogP contribution < -0.4 is 0 Å². The zero-order chi connectivity index (χ0) is 11.4. The van der Waals surface area contributed by atoms with E-state index in [1.54, 1.807) is 0 Å². The first-order valence-electron chi connectivity index (χ1n) is 6.14. The Balaban J connectivity index is 3.03. The van der Waals surface area contributed by atoms with E-state index in [1.807, 2.05) is 0 Å². The van der Waals surface area contributed by atoms with E-state index in [4.69, 9.17) is 4.74 Å². The monoisotopic (exact) mass is 208 g/mol. The molecular weight excluding hydrogens is 184 g/mol. The normalized spacial score (nSPS) is 17.4. The molecule has 0 saturated carbocycles. The molecule has 0 radical (unpaired) electrons. The first kappa shape index (κ1) is 12.4. The summed E-state index contributed by atoms with van der Waals surface area (Å²) in [5.74, 6) is 2.36. The molecule has 0 bridgehead atoms. The second-order valence-electron chi connectivity index (χ2n) is 4.79. The van der Waals surface area contributed by atoms with Gasteiger partial charge in [0, 0.05) is 0 Å².